The number of fused-ring (bicyclic) bond motifs is 2. The van der Waals surface area contributed by atoms with Crippen LogP contribution in [0, 0.1) is 0 Å². The van der Waals surface area contributed by atoms with Crippen LogP contribution in [-0.4, -0.2) is 12.1 Å². The Hall–Kier alpha value is -2.50. The van der Waals surface area contributed by atoms with Crippen LogP contribution in [0.5, 0.6) is 17.2 Å². The van der Waals surface area contributed by atoms with Gasteiger partial charge in [-0.2, -0.15) is 0 Å². The molecule has 1 aliphatic heterocycles. The van der Waals surface area contributed by atoms with Gasteiger partial charge in [-0.1, -0.05) is 24.3 Å². The van der Waals surface area contributed by atoms with Crippen molar-refractivity contribution < 1.29 is 24.7 Å². The van der Waals surface area contributed by atoms with Crippen molar-refractivity contribution in [3.05, 3.63) is 42.5 Å². The van der Waals surface area contributed by atoms with Gasteiger partial charge in [0.05, 0.1) is 10.8 Å². The van der Waals surface area contributed by atoms with Crippen LogP contribution in [-0.2, 0) is 4.89 Å². The molecule has 3 aromatic rings. The largest absolute Gasteiger partial charge is 0.462 e. The van der Waals surface area contributed by atoms with E-state index in [-0.39, 0.29) is 6.79 Å². The van der Waals surface area contributed by atoms with Crippen LogP contribution in [0.1, 0.15) is 0 Å². The Kier molecular flexibility index (Phi) is 2.42. The third-order valence-corrected chi connectivity index (χ3v) is 3.38. The maximum absolute atomic E-state index is 9.07. The summed E-state index contributed by atoms with van der Waals surface area (Å²) in [4.78, 5) is 14.6. The molecule has 0 fully saturated rings. The van der Waals surface area contributed by atoms with Crippen LogP contribution < -0.4 is 14.5 Å². The van der Waals surface area contributed by atoms with E-state index in [0.29, 0.717) is 22.6 Å². The molecule has 0 amide bonds. The molecular weight excluding hydrogens is 260 g/mol. The van der Waals surface area contributed by atoms with E-state index in [9.17, 15) is 0 Å². The van der Waals surface area contributed by atoms with E-state index in [1.807, 2.05) is 24.3 Å². The minimum Gasteiger partial charge on any atom is -0.462 e. The molecule has 100 valence electrons. The van der Waals surface area contributed by atoms with E-state index < -0.39 is 0 Å². The fraction of sp³-hybridized carbons (Fsp3) is 0.0667. The monoisotopic (exact) mass is 270 g/mol. The van der Waals surface area contributed by atoms with E-state index in [2.05, 4.69) is 4.89 Å². The maximum atomic E-state index is 9.07. The number of benzene rings is 3. The van der Waals surface area contributed by atoms with Gasteiger partial charge in [0.25, 0.3) is 0 Å². The van der Waals surface area contributed by atoms with Crippen LogP contribution in [0.2, 0.25) is 0 Å². The molecule has 0 saturated heterocycles. The van der Waals surface area contributed by atoms with Crippen LogP contribution in [0.15, 0.2) is 42.5 Å². The molecular formula is C15H10O5. The van der Waals surface area contributed by atoms with Crippen molar-refractivity contribution in [1.82, 2.24) is 0 Å². The van der Waals surface area contributed by atoms with E-state index >= 15 is 0 Å². The highest BCUT2D eigenvalue weighted by Gasteiger charge is 2.20. The van der Waals surface area contributed by atoms with Crippen LogP contribution in [0.25, 0.3) is 21.5 Å². The van der Waals surface area contributed by atoms with Gasteiger partial charge in [0, 0.05) is 0 Å². The molecule has 0 atom stereocenters. The topological polar surface area (TPSA) is 57.2 Å². The third kappa shape index (κ3) is 1.51. The highest BCUT2D eigenvalue weighted by molar-refractivity contribution is 6.10. The zero-order valence-electron chi connectivity index (χ0n) is 10.3. The van der Waals surface area contributed by atoms with Crippen molar-refractivity contribution >= 4 is 21.5 Å². The van der Waals surface area contributed by atoms with Crippen LogP contribution in [0.4, 0.5) is 0 Å². The molecule has 0 spiro atoms. The van der Waals surface area contributed by atoms with Gasteiger partial charge in [0.2, 0.25) is 6.79 Å². The van der Waals surface area contributed by atoms with Crippen molar-refractivity contribution in [3.63, 3.8) is 0 Å². The fourth-order valence-corrected chi connectivity index (χ4v) is 2.58. The fourth-order valence-electron chi connectivity index (χ4n) is 2.58. The average molecular weight is 270 g/mol. The second-order valence-electron chi connectivity index (χ2n) is 4.47. The summed E-state index contributed by atoms with van der Waals surface area (Å²) in [5, 5.41) is 12.4. The Labute approximate surface area is 113 Å². The van der Waals surface area contributed by atoms with Gasteiger partial charge < -0.3 is 14.5 Å². The Bertz CT molecular complexity index is 812. The normalized spacial score (nSPS) is 13.7. The molecule has 0 saturated carbocycles. The number of ether oxygens (including phenoxy) is 1. The lowest BCUT2D eigenvalue weighted by molar-refractivity contribution is -0.241. The first-order valence-corrected chi connectivity index (χ1v) is 6.10. The van der Waals surface area contributed by atoms with Crippen molar-refractivity contribution in [2.24, 2.45) is 0 Å². The molecule has 5 heteroatoms. The number of hydrogen-bond donors (Lipinski definition) is 1. The van der Waals surface area contributed by atoms with E-state index in [0.717, 1.165) is 16.2 Å². The van der Waals surface area contributed by atoms with Crippen molar-refractivity contribution in [2.75, 3.05) is 6.79 Å². The zero-order chi connectivity index (χ0) is 13.5. The zero-order valence-corrected chi connectivity index (χ0v) is 10.3. The molecule has 3 aromatic carbocycles. The molecule has 0 aromatic heterocycles. The molecule has 5 nitrogen and oxygen atoms in total. The van der Waals surface area contributed by atoms with Gasteiger partial charge in [0.1, 0.15) is 5.75 Å². The predicted octanol–water partition coefficient (Wildman–Crippen LogP) is 3.51. The SMILES string of the molecule is OOc1cccc2cc3cccc4c3c(c12)OCOO4. The minimum atomic E-state index is -0.0390. The molecule has 4 rings (SSSR count). The summed E-state index contributed by atoms with van der Waals surface area (Å²) in [7, 11) is 0. The standard InChI is InChI=1S/C15H10O5/c16-19-11-5-1-3-9-7-10-4-2-6-12-14(10)15(13(9)11)17-8-18-20-12/h1-7,16H,8H2. The van der Waals surface area contributed by atoms with E-state index in [4.69, 9.17) is 19.8 Å². The van der Waals surface area contributed by atoms with Gasteiger partial charge in [-0.15, -0.1) is 4.89 Å². The van der Waals surface area contributed by atoms with Gasteiger partial charge in [-0.25, -0.2) is 5.26 Å². The molecule has 1 aliphatic rings. The Morgan fingerprint density at radius 1 is 1.00 bits per heavy atom. The molecule has 1 N–H and O–H groups in total. The van der Waals surface area contributed by atoms with Gasteiger partial charge in [0.15, 0.2) is 11.5 Å². The minimum absolute atomic E-state index is 0.0390. The lowest BCUT2D eigenvalue weighted by atomic mass is 10.0. The molecule has 20 heavy (non-hydrogen) atoms. The first-order chi connectivity index (χ1) is 9.88. The van der Waals surface area contributed by atoms with Crippen LogP contribution in [0.3, 0.4) is 0 Å². The highest BCUT2D eigenvalue weighted by Crippen LogP contribution is 2.44. The Morgan fingerprint density at radius 3 is 2.65 bits per heavy atom. The number of hydrogen-bond acceptors (Lipinski definition) is 5. The molecule has 0 unspecified atom stereocenters. The second kappa shape index (κ2) is 4.26. The van der Waals surface area contributed by atoms with Crippen LogP contribution >= 0.6 is 0 Å². The summed E-state index contributed by atoms with van der Waals surface area (Å²) in [6, 6.07) is 13.0. The highest BCUT2D eigenvalue weighted by atomic mass is 17.2. The first-order valence-electron chi connectivity index (χ1n) is 6.10. The Balaban J connectivity index is 2.24. The first kappa shape index (κ1) is 11.3. The second-order valence-corrected chi connectivity index (χ2v) is 4.47. The summed E-state index contributed by atoms with van der Waals surface area (Å²) in [6.45, 7) is -0.0390. The van der Waals surface area contributed by atoms with Crippen molar-refractivity contribution in [3.8, 4) is 17.2 Å². The summed E-state index contributed by atoms with van der Waals surface area (Å²) >= 11 is 0. The predicted molar refractivity (Wildman–Crippen MR) is 71.9 cm³/mol. The lowest BCUT2D eigenvalue weighted by Gasteiger charge is -2.11. The smallest absolute Gasteiger partial charge is 0.232 e. The quantitative estimate of drug-likeness (QED) is 0.416. The molecule has 0 bridgehead atoms. The number of rotatable bonds is 1. The lowest BCUT2D eigenvalue weighted by Crippen LogP contribution is -2.02. The van der Waals surface area contributed by atoms with Gasteiger partial charge in [-0.3, -0.25) is 0 Å². The molecule has 0 radical (unpaired) electrons. The van der Waals surface area contributed by atoms with Gasteiger partial charge >= 0.3 is 0 Å². The van der Waals surface area contributed by atoms with E-state index in [1.165, 1.54) is 0 Å². The molecule has 0 aliphatic carbocycles. The van der Waals surface area contributed by atoms with Gasteiger partial charge in [-0.05, 0) is 29.0 Å². The average Bonchev–Trinajstić information content (AvgIpc) is 2.71. The van der Waals surface area contributed by atoms with E-state index in [1.54, 1.807) is 18.2 Å². The van der Waals surface area contributed by atoms with Crippen molar-refractivity contribution in [1.29, 1.82) is 0 Å². The summed E-state index contributed by atoms with van der Waals surface area (Å²) in [5.41, 5.74) is 0. The molecule has 1 heterocycles. The summed E-state index contributed by atoms with van der Waals surface area (Å²) in [5.74, 6) is 1.48. The summed E-state index contributed by atoms with van der Waals surface area (Å²) in [6.07, 6.45) is 0. The third-order valence-electron chi connectivity index (χ3n) is 3.38. The maximum Gasteiger partial charge on any atom is 0.232 e. The summed E-state index contributed by atoms with van der Waals surface area (Å²) < 4.78 is 5.64. The van der Waals surface area contributed by atoms with Crippen molar-refractivity contribution in [2.45, 2.75) is 0 Å². The Morgan fingerprint density at radius 2 is 1.80 bits per heavy atom.